The van der Waals surface area contributed by atoms with Crippen LogP contribution in [0.1, 0.15) is 33.1 Å². The number of nitrogens with one attached hydrogen (secondary N) is 2. The molecule has 1 saturated heterocycles. The number of anilines is 1. The van der Waals surface area contributed by atoms with Crippen LogP contribution in [0.4, 0.5) is 5.95 Å². The third kappa shape index (κ3) is 3.61. The molecule has 1 aliphatic heterocycles. The normalized spacial score (nSPS) is 17.4. The summed E-state index contributed by atoms with van der Waals surface area (Å²) in [5.74, 6) is 1.16. The lowest BCUT2D eigenvalue weighted by atomic mass is 9.95. The summed E-state index contributed by atoms with van der Waals surface area (Å²) in [7, 11) is 0. The second-order valence-corrected chi connectivity index (χ2v) is 6.74. The molecule has 0 spiro atoms. The van der Waals surface area contributed by atoms with Gasteiger partial charge in [0.05, 0.1) is 11.0 Å². The third-order valence-electron chi connectivity index (χ3n) is 4.60. The van der Waals surface area contributed by atoms with E-state index in [-0.39, 0.29) is 17.9 Å². The number of benzene rings is 1. The molecule has 2 aromatic rings. The number of hydrogen-bond donors (Lipinski definition) is 2. The predicted octanol–water partition coefficient (Wildman–Crippen LogP) is 3.35. The summed E-state index contributed by atoms with van der Waals surface area (Å²) in [6.07, 6.45) is 2.69. The first kappa shape index (κ1) is 16.1. The van der Waals surface area contributed by atoms with Gasteiger partial charge in [-0.2, -0.15) is 0 Å². The Hall–Kier alpha value is -1.75. The molecule has 1 amide bonds. The zero-order valence-electron chi connectivity index (χ0n) is 13.6. The highest BCUT2D eigenvalue weighted by molar-refractivity contribution is 6.31. The minimum atomic E-state index is 0.110. The molecule has 0 saturated carbocycles. The number of carbonyl (C=O) groups is 1. The van der Waals surface area contributed by atoms with Crippen molar-refractivity contribution in [2.75, 3.05) is 18.0 Å². The van der Waals surface area contributed by atoms with Crippen molar-refractivity contribution in [1.82, 2.24) is 15.3 Å². The van der Waals surface area contributed by atoms with E-state index in [4.69, 9.17) is 11.6 Å². The molecule has 0 radical (unpaired) electrons. The summed E-state index contributed by atoms with van der Waals surface area (Å²) < 4.78 is 0. The SMILES string of the molecule is CC[C@@H](C)NC(=O)C1CCN(c2nc3ccc(Cl)cc3[nH]2)CC1. The number of imidazole rings is 1. The van der Waals surface area contributed by atoms with Gasteiger partial charge >= 0.3 is 0 Å². The van der Waals surface area contributed by atoms with Crippen LogP contribution in [0.15, 0.2) is 18.2 Å². The van der Waals surface area contributed by atoms with Crippen molar-refractivity contribution >= 4 is 34.5 Å². The second kappa shape index (κ2) is 6.79. The number of fused-ring (bicyclic) bond motifs is 1. The van der Waals surface area contributed by atoms with Gasteiger partial charge in [-0.15, -0.1) is 0 Å². The van der Waals surface area contributed by atoms with Crippen molar-refractivity contribution in [1.29, 1.82) is 0 Å². The van der Waals surface area contributed by atoms with Gasteiger partial charge in [0.15, 0.2) is 0 Å². The van der Waals surface area contributed by atoms with Crippen LogP contribution in [-0.4, -0.2) is 35.0 Å². The largest absolute Gasteiger partial charge is 0.353 e. The highest BCUT2D eigenvalue weighted by Gasteiger charge is 2.26. The third-order valence-corrected chi connectivity index (χ3v) is 4.83. The maximum atomic E-state index is 12.2. The van der Waals surface area contributed by atoms with Crippen LogP contribution in [0.5, 0.6) is 0 Å². The van der Waals surface area contributed by atoms with E-state index in [1.54, 1.807) is 0 Å². The van der Waals surface area contributed by atoms with Gasteiger partial charge in [-0.3, -0.25) is 4.79 Å². The van der Waals surface area contributed by atoms with E-state index in [9.17, 15) is 4.79 Å². The summed E-state index contributed by atoms with van der Waals surface area (Å²) >= 11 is 6.02. The van der Waals surface area contributed by atoms with Gasteiger partial charge in [-0.25, -0.2) is 4.98 Å². The van der Waals surface area contributed by atoms with Crippen LogP contribution in [0.25, 0.3) is 11.0 Å². The molecule has 1 aromatic carbocycles. The Balaban J connectivity index is 1.62. The Morgan fingerprint density at radius 3 is 2.91 bits per heavy atom. The first-order valence-electron chi connectivity index (χ1n) is 8.27. The molecule has 0 bridgehead atoms. The average Bonchev–Trinajstić information content (AvgIpc) is 2.97. The molecule has 2 heterocycles. The topological polar surface area (TPSA) is 61.0 Å². The molecule has 6 heteroatoms. The molecule has 1 aromatic heterocycles. The van der Waals surface area contributed by atoms with Crippen molar-refractivity contribution in [3.63, 3.8) is 0 Å². The summed E-state index contributed by atoms with van der Waals surface area (Å²) in [4.78, 5) is 22.4. The summed E-state index contributed by atoms with van der Waals surface area (Å²) in [6, 6.07) is 5.91. The number of hydrogen-bond acceptors (Lipinski definition) is 3. The zero-order valence-corrected chi connectivity index (χ0v) is 14.4. The lowest BCUT2D eigenvalue weighted by molar-refractivity contribution is -0.126. The fourth-order valence-electron chi connectivity index (χ4n) is 2.93. The number of aromatic nitrogens is 2. The second-order valence-electron chi connectivity index (χ2n) is 6.30. The van der Waals surface area contributed by atoms with E-state index in [2.05, 4.69) is 27.1 Å². The minimum Gasteiger partial charge on any atom is -0.353 e. The summed E-state index contributed by atoms with van der Waals surface area (Å²) in [5, 5.41) is 3.79. The number of H-pyrrole nitrogens is 1. The average molecular weight is 335 g/mol. The Bertz CT molecular complexity index is 691. The van der Waals surface area contributed by atoms with Crippen LogP contribution in [-0.2, 0) is 4.79 Å². The number of rotatable bonds is 4. The lowest BCUT2D eigenvalue weighted by Gasteiger charge is -2.31. The molecule has 3 rings (SSSR count). The number of carbonyl (C=O) groups excluding carboxylic acids is 1. The van der Waals surface area contributed by atoms with Crippen molar-refractivity contribution in [3.05, 3.63) is 23.2 Å². The van der Waals surface area contributed by atoms with Gasteiger partial charge in [-0.1, -0.05) is 18.5 Å². The van der Waals surface area contributed by atoms with Crippen LogP contribution < -0.4 is 10.2 Å². The van der Waals surface area contributed by atoms with Gasteiger partial charge in [0.25, 0.3) is 0 Å². The van der Waals surface area contributed by atoms with Crippen molar-refractivity contribution < 1.29 is 4.79 Å². The molecule has 1 fully saturated rings. The molecule has 1 aliphatic rings. The van der Waals surface area contributed by atoms with E-state index in [0.717, 1.165) is 49.3 Å². The van der Waals surface area contributed by atoms with E-state index >= 15 is 0 Å². The maximum absolute atomic E-state index is 12.2. The van der Waals surface area contributed by atoms with E-state index < -0.39 is 0 Å². The quantitative estimate of drug-likeness (QED) is 0.901. The summed E-state index contributed by atoms with van der Waals surface area (Å²) in [6.45, 7) is 5.81. The van der Waals surface area contributed by atoms with Crippen LogP contribution in [0, 0.1) is 5.92 Å². The Morgan fingerprint density at radius 1 is 1.48 bits per heavy atom. The molecule has 0 aliphatic carbocycles. The number of amides is 1. The highest BCUT2D eigenvalue weighted by Crippen LogP contribution is 2.25. The zero-order chi connectivity index (χ0) is 16.4. The van der Waals surface area contributed by atoms with Gasteiger partial charge in [0.2, 0.25) is 11.9 Å². The smallest absolute Gasteiger partial charge is 0.223 e. The number of piperidine rings is 1. The Labute approximate surface area is 141 Å². The molecule has 5 nitrogen and oxygen atoms in total. The standard InChI is InChI=1S/C17H23ClN4O/c1-3-11(2)19-16(23)12-6-8-22(9-7-12)17-20-14-5-4-13(18)10-15(14)21-17/h4-5,10-12H,3,6-9H2,1-2H3,(H,19,23)(H,20,21)/t11-/m1/s1. The molecule has 2 N–H and O–H groups in total. The van der Waals surface area contributed by atoms with Crippen molar-refractivity contribution in [3.8, 4) is 0 Å². The fourth-order valence-corrected chi connectivity index (χ4v) is 3.11. The van der Waals surface area contributed by atoms with Crippen molar-refractivity contribution in [2.45, 2.75) is 39.2 Å². The predicted molar refractivity (Wildman–Crippen MR) is 93.9 cm³/mol. The first-order chi connectivity index (χ1) is 11.1. The van der Waals surface area contributed by atoms with Gasteiger partial charge < -0.3 is 15.2 Å². The summed E-state index contributed by atoms with van der Waals surface area (Å²) in [5.41, 5.74) is 1.87. The fraction of sp³-hybridized carbons (Fsp3) is 0.529. The molecule has 0 unspecified atom stereocenters. The van der Waals surface area contributed by atoms with Gasteiger partial charge in [-0.05, 0) is 44.4 Å². The molecule has 124 valence electrons. The first-order valence-corrected chi connectivity index (χ1v) is 8.65. The number of nitrogens with zero attached hydrogens (tertiary/aromatic N) is 2. The van der Waals surface area contributed by atoms with Crippen LogP contribution in [0.2, 0.25) is 5.02 Å². The Kier molecular flexibility index (Phi) is 4.76. The van der Waals surface area contributed by atoms with Gasteiger partial charge in [0, 0.05) is 30.1 Å². The van der Waals surface area contributed by atoms with E-state index in [1.165, 1.54) is 0 Å². The number of aromatic amines is 1. The molecule has 23 heavy (non-hydrogen) atoms. The lowest BCUT2D eigenvalue weighted by Crippen LogP contribution is -2.43. The molecular weight excluding hydrogens is 312 g/mol. The number of halogens is 1. The van der Waals surface area contributed by atoms with Crippen LogP contribution in [0.3, 0.4) is 0 Å². The molecule has 1 atom stereocenters. The van der Waals surface area contributed by atoms with Crippen molar-refractivity contribution in [2.24, 2.45) is 5.92 Å². The van der Waals surface area contributed by atoms with Crippen LogP contribution >= 0.6 is 11.6 Å². The maximum Gasteiger partial charge on any atom is 0.223 e. The van der Waals surface area contributed by atoms with Gasteiger partial charge in [0.1, 0.15) is 0 Å². The monoisotopic (exact) mass is 334 g/mol. The Morgan fingerprint density at radius 2 is 2.22 bits per heavy atom. The molecular formula is C17H23ClN4O. The van der Waals surface area contributed by atoms with E-state index in [1.807, 2.05) is 25.1 Å². The highest BCUT2D eigenvalue weighted by atomic mass is 35.5. The minimum absolute atomic E-state index is 0.110. The van der Waals surface area contributed by atoms with E-state index in [0.29, 0.717) is 5.02 Å².